The van der Waals surface area contributed by atoms with Crippen LogP contribution in [0.1, 0.15) is 5.56 Å². The minimum atomic E-state index is -0.540. The third-order valence-electron chi connectivity index (χ3n) is 2.60. The molecule has 0 radical (unpaired) electrons. The van der Waals surface area contributed by atoms with Crippen molar-refractivity contribution in [3.05, 3.63) is 54.4 Å². The number of nitriles is 1. The molecule has 3 aromatic rings. The number of nitrogens with zero attached hydrogens (tertiary/aromatic N) is 4. The molecule has 3 rings (SSSR count). The lowest BCUT2D eigenvalue weighted by molar-refractivity contribution is 0.584. The Bertz CT molecular complexity index is 770. The molecule has 0 saturated heterocycles. The van der Waals surface area contributed by atoms with E-state index in [1.54, 1.807) is 35.0 Å². The molecular weight excluding hydrogens is 231 g/mol. The maximum absolute atomic E-state index is 13.0. The van der Waals surface area contributed by atoms with Gasteiger partial charge in [-0.3, -0.25) is 0 Å². The highest BCUT2D eigenvalue weighted by molar-refractivity contribution is 5.62. The molecule has 0 saturated carbocycles. The number of imidazole rings is 1. The van der Waals surface area contributed by atoms with Gasteiger partial charge in [0, 0.05) is 30.2 Å². The molecule has 0 bridgehead atoms. The molecule has 86 valence electrons. The first-order valence-corrected chi connectivity index (χ1v) is 5.27. The standard InChI is InChI=1S/C13H7FN4/c14-12-5-10(3-4-16-12)11-8-18-7-9(6-15)1-2-13(18)17-11/h1-5,7-8H. The molecule has 0 N–H and O–H groups in total. The van der Waals surface area contributed by atoms with Crippen LogP contribution in [0.5, 0.6) is 0 Å². The predicted octanol–water partition coefficient (Wildman–Crippen LogP) is 2.41. The lowest BCUT2D eigenvalue weighted by atomic mass is 10.2. The molecule has 3 aromatic heterocycles. The maximum Gasteiger partial charge on any atom is 0.213 e. The summed E-state index contributed by atoms with van der Waals surface area (Å²) < 4.78 is 14.8. The Kier molecular flexibility index (Phi) is 2.27. The summed E-state index contributed by atoms with van der Waals surface area (Å²) in [6.45, 7) is 0. The molecule has 4 nitrogen and oxygen atoms in total. The Hall–Kier alpha value is -2.74. The summed E-state index contributed by atoms with van der Waals surface area (Å²) in [4.78, 5) is 7.86. The van der Waals surface area contributed by atoms with Crippen molar-refractivity contribution in [2.45, 2.75) is 0 Å². The van der Waals surface area contributed by atoms with Crippen molar-refractivity contribution < 1.29 is 4.39 Å². The number of hydrogen-bond donors (Lipinski definition) is 0. The van der Waals surface area contributed by atoms with Crippen LogP contribution >= 0.6 is 0 Å². The van der Waals surface area contributed by atoms with E-state index in [0.717, 1.165) is 0 Å². The number of rotatable bonds is 1. The van der Waals surface area contributed by atoms with Crippen molar-refractivity contribution in [1.29, 1.82) is 5.26 Å². The lowest BCUT2D eigenvalue weighted by Gasteiger charge is -1.94. The molecule has 0 aliphatic carbocycles. The van der Waals surface area contributed by atoms with Crippen LogP contribution in [0, 0.1) is 17.3 Å². The Morgan fingerprint density at radius 2 is 2.11 bits per heavy atom. The number of hydrogen-bond acceptors (Lipinski definition) is 3. The summed E-state index contributed by atoms with van der Waals surface area (Å²) in [7, 11) is 0. The van der Waals surface area contributed by atoms with Crippen LogP contribution in [0.15, 0.2) is 42.9 Å². The van der Waals surface area contributed by atoms with E-state index in [-0.39, 0.29) is 0 Å². The topological polar surface area (TPSA) is 54.0 Å². The smallest absolute Gasteiger partial charge is 0.213 e. The molecule has 0 atom stereocenters. The van der Waals surface area contributed by atoms with E-state index >= 15 is 0 Å². The molecule has 0 fully saturated rings. The minimum absolute atomic E-state index is 0.540. The predicted molar refractivity (Wildman–Crippen MR) is 63.1 cm³/mol. The van der Waals surface area contributed by atoms with Gasteiger partial charge in [-0.25, -0.2) is 9.97 Å². The van der Waals surface area contributed by atoms with Gasteiger partial charge in [-0.05, 0) is 18.2 Å². The summed E-state index contributed by atoms with van der Waals surface area (Å²) in [6.07, 6.45) is 4.84. The molecular formula is C13H7FN4. The second-order valence-electron chi connectivity index (χ2n) is 3.79. The zero-order valence-corrected chi connectivity index (χ0v) is 9.21. The van der Waals surface area contributed by atoms with Crippen molar-refractivity contribution in [2.75, 3.05) is 0 Å². The van der Waals surface area contributed by atoms with E-state index in [9.17, 15) is 4.39 Å². The summed E-state index contributed by atoms with van der Waals surface area (Å²) in [5.41, 5.74) is 2.56. The second kappa shape index (κ2) is 3.93. The quantitative estimate of drug-likeness (QED) is 0.612. The van der Waals surface area contributed by atoms with Crippen LogP contribution in [0.25, 0.3) is 16.9 Å². The highest BCUT2D eigenvalue weighted by Gasteiger charge is 2.06. The van der Waals surface area contributed by atoms with E-state index in [1.807, 2.05) is 0 Å². The van der Waals surface area contributed by atoms with Crippen molar-refractivity contribution in [2.24, 2.45) is 0 Å². The Morgan fingerprint density at radius 3 is 2.89 bits per heavy atom. The van der Waals surface area contributed by atoms with Crippen LogP contribution < -0.4 is 0 Å². The first-order valence-electron chi connectivity index (χ1n) is 5.27. The zero-order chi connectivity index (χ0) is 12.5. The van der Waals surface area contributed by atoms with Crippen LogP contribution in [0.2, 0.25) is 0 Å². The molecule has 5 heteroatoms. The summed E-state index contributed by atoms with van der Waals surface area (Å²) >= 11 is 0. The van der Waals surface area contributed by atoms with E-state index < -0.39 is 5.95 Å². The van der Waals surface area contributed by atoms with Crippen LogP contribution in [-0.4, -0.2) is 14.4 Å². The van der Waals surface area contributed by atoms with Crippen molar-refractivity contribution in [3.63, 3.8) is 0 Å². The normalized spacial score (nSPS) is 10.4. The minimum Gasteiger partial charge on any atom is -0.305 e. The van der Waals surface area contributed by atoms with Crippen molar-refractivity contribution >= 4 is 5.65 Å². The number of halogens is 1. The Balaban J connectivity index is 2.17. The Labute approximate surface area is 102 Å². The fourth-order valence-corrected chi connectivity index (χ4v) is 1.76. The van der Waals surface area contributed by atoms with E-state index in [0.29, 0.717) is 22.5 Å². The molecule has 0 aromatic carbocycles. The zero-order valence-electron chi connectivity index (χ0n) is 9.21. The highest BCUT2D eigenvalue weighted by Crippen LogP contribution is 2.19. The van der Waals surface area contributed by atoms with Crippen molar-refractivity contribution in [3.8, 4) is 17.3 Å². The molecule has 0 spiro atoms. The first-order chi connectivity index (χ1) is 8.76. The Morgan fingerprint density at radius 1 is 1.22 bits per heavy atom. The van der Waals surface area contributed by atoms with Gasteiger partial charge in [0.25, 0.3) is 0 Å². The molecule has 0 aliphatic heterocycles. The van der Waals surface area contributed by atoms with Crippen LogP contribution in [0.3, 0.4) is 0 Å². The number of pyridine rings is 2. The van der Waals surface area contributed by atoms with Gasteiger partial charge < -0.3 is 4.40 Å². The summed E-state index contributed by atoms with van der Waals surface area (Å²) in [5, 5.41) is 8.82. The lowest BCUT2D eigenvalue weighted by Crippen LogP contribution is -1.83. The van der Waals surface area contributed by atoms with Crippen LogP contribution in [-0.2, 0) is 0 Å². The summed E-state index contributed by atoms with van der Waals surface area (Å²) in [6, 6.07) is 8.52. The van der Waals surface area contributed by atoms with Gasteiger partial charge in [-0.1, -0.05) is 0 Å². The largest absolute Gasteiger partial charge is 0.305 e. The molecule has 0 amide bonds. The van der Waals surface area contributed by atoms with Gasteiger partial charge in [0.2, 0.25) is 5.95 Å². The molecule has 3 heterocycles. The van der Waals surface area contributed by atoms with Crippen LogP contribution in [0.4, 0.5) is 4.39 Å². The van der Waals surface area contributed by atoms with E-state index in [2.05, 4.69) is 16.0 Å². The molecule has 0 unspecified atom stereocenters. The summed E-state index contributed by atoms with van der Waals surface area (Å²) in [5.74, 6) is -0.540. The number of aromatic nitrogens is 3. The first kappa shape index (κ1) is 10.4. The SMILES string of the molecule is N#Cc1ccc2nc(-c3ccnc(F)c3)cn2c1. The maximum atomic E-state index is 13.0. The van der Waals surface area contributed by atoms with Gasteiger partial charge in [-0.2, -0.15) is 9.65 Å². The van der Waals surface area contributed by atoms with Crippen molar-refractivity contribution in [1.82, 2.24) is 14.4 Å². The van der Waals surface area contributed by atoms with Gasteiger partial charge in [0.1, 0.15) is 11.7 Å². The van der Waals surface area contributed by atoms with E-state index in [1.165, 1.54) is 12.3 Å². The second-order valence-corrected chi connectivity index (χ2v) is 3.79. The third-order valence-corrected chi connectivity index (χ3v) is 2.60. The van der Waals surface area contributed by atoms with Gasteiger partial charge in [-0.15, -0.1) is 0 Å². The fourth-order valence-electron chi connectivity index (χ4n) is 1.76. The highest BCUT2D eigenvalue weighted by atomic mass is 19.1. The molecule has 18 heavy (non-hydrogen) atoms. The fraction of sp³-hybridized carbons (Fsp3) is 0. The average Bonchev–Trinajstić information content (AvgIpc) is 2.81. The van der Waals surface area contributed by atoms with Gasteiger partial charge in [0.15, 0.2) is 0 Å². The third kappa shape index (κ3) is 1.70. The van der Waals surface area contributed by atoms with E-state index in [4.69, 9.17) is 5.26 Å². The molecule has 0 aliphatic rings. The average molecular weight is 238 g/mol. The van der Waals surface area contributed by atoms with Gasteiger partial charge in [0.05, 0.1) is 11.3 Å². The monoisotopic (exact) mass is 238 g/mol. The van der Waals surface area contributed by atoms with Gasteiger partial charge >= 0.3 is 0 Å². The number of fused-ring (bicyclic) bond motifs is 1.